The van der Waals surface area contributed by atoms with E-state index in [-0.39, 0.29) is 30.8 Å². The predicted octanol–water partition coefficient (Wildman–Crippen LogP) is -0.928. The molecule has 16 heavy (non-hydrogen) atoms. The summed E-state index contributed by atoms with van der Waals surface area (Å²) in [5.74, 6) is -0.920. The summed E-state index contributed by atoms with van der Waals surface area (Å²) in [7, 11) is 0. The minimum absolute atomic E-state index is 0. The molecule has 0 radical (unpaired) electrons. The zero-order valence-electron chi connectivity index (χ0n) is 11.1. The Morgan fingerprint density at radius 1 is 1.50 bits per heavy atom. The van der Waals surface area contributed by atoms with Gasteiger partial charge in [-0.3, -0.25) is 4.90 Å². The van der Waals surface area contributed by atoms with Crippen LogP contribution in [0.2, 0.25) is 0 Å². The molecule has 0 spiro atoms. The van der Waals surface area contributed by atoms with E-state index in [1.165, 1.54) is 11.3 Å². The molecule has 0 aliphatic carbocycles. The second kappa shape index (κ2) is 4.50. The van der Waals surface area contributed by atoms with Crippen molar-refractivity contribution in [2.45, 2.75) is 39.4 Å². The van der Waals surface area contributed by atoms with Crippen LogP contribution in [0.3, 0.4) is 0 Å². The molecule has 1 N–H and O–H groups in total. The molecule has 0 amide bonds. The van der Waals surface area contributed by atoms with Gasteiger partial charge in [-0.05, 0) is 20.8 Å². The van der Waals surface area contributed by atoms with E-state index < -0.39 is 5.97 Å². The van der Waals surface area contributed by atoms with Crippen molar-refractivity contribution in [1.29, 1.82) is 0 Å². The van der Waals surface area contributed by atoms with Crippen LogP contribution in [-0.4, -0.2) is 26.5 Å². The number of fused-ring (bicyclic) bond motifs is 1. The van der Waals surface area contributed by atoms with Gasteiger partial charge in [0.05, 0.1) is 5.69 Å². The van der Waals surface area contributed by atoms with E-state index >= 15 is 0 Å². The molecule has 1 aromatic rings. The number of aromatic nitrogens is 1. The summed E-state index contributed by atoms with van der Waals surface area (Å²) in [5, 5.41) is 9.02. The Labute approximate surface area is 112 Å². The molecule has 1 aromatic heterocycles. The van der Waals surface area contributed by atoms with Gasteiger partial charge >= 0.3 is 24.8 Å². The average molecular weight is 234 g/mol. The molecule has 4 nitrogen and oxygen atoms in total. The topological polar surface area (TPSA) is 53.4 Å². The number of carboxylic acid groups (broad SMARTS) is 1. The average Bonchev–Trinajstić information content (AvgIpc) is 2.55. The zero-order chi connectivity index (χ0) is 11.2. The third-order valence-electron chi connectivity index (χ3n) is 2.58. The fourth-order valence-corrected chi connectivity index (χ4v) is 2.53. The fourth-order valence-electron chi connectivity index (χ4n) is 1.61. The molecular weight excluding hydrogens is 219 g/mol. The quantitative estimate of drug-likeness (QED) is 0.638. The molecule has 0 atom stereocenters. The van der Waals surface area contributed by atoms with Crippen molar-refractivity contribution in [3.8, 4) is 0 Å². The Morgan fingerprint density at radius 2 is 2.12 bits per heavy atom. The van der Waals surface area contributed by atoms with Gasteiger partial charge in [-0.25, -0.2) is 9.78 Å². The molecule has 0 fully saturated rings. The Balaban J connectivity index is 0.00000128. The van der Waals surface area contributed by atoms with Crippen molar-refractivity contribution >= 4 is 17.3 Å². The van der Waals surface area contributed by atoms with Crippen LogP contribution in [0.15, 0.2) is 0 Å². The number of hydrogen-bond donors (Lipinski definition) is 1. The molecule has 0 saturated heterocycles. The number of hydrogen-bond acceptors (Lipinski definition) is 4. The van der Waals surface area contributed by atoms with Crippen LogP contribution in [0, 0.1) is 0 Å². The van der Waals surface area contributed by atoms with Gasteiger partial charge in [0.25, 0.3) is 0 Å². The molecule has 0 aromatic carbocycles. The van der Waals surface area contributed by atoms with Gasteiger partial charge in [0.1, 0.15) is 0 Å². The Bertz CT molecular complexity index is 393. The number of thiazole rings is 1. The van der Waals surface area contributed by atoms with Crippen molar-refractivity contribution in [3.05, 3.63) is 15.6 Å². The molecular formula is C10H15LiN2O2S. The number of nitrogens with zero attached hydrogens (tertiary/aromatic N) is 2. The molecule has 2 heterocycles. The SMILES string of the molecule is CC(C)(C)N1Cc2nc(C(=O)O)sc2C1.[H-].[Li+]. The second-order valence-corrected chi connectivity index (χ2v) is 5.80. The van der Waals surface area contributed by atoms with Crippen LogP contribution < -0.4 is 18.9 Å². The fraction of sp³-hybridized carbons (Fsp3) is 0.600. The minimum atomic E-state index is -0.920. The minimum Gasteiger partial charge on any atom is -1.00 e. The van der Waals surface area contributed by atoms with E-state index in [9.17, 15) is 4.79 Å². The summed E-state index contributed by atoms with van der Waals surface area (Å²) in [6.07, 6.45) is 0. The largest absolute Gasteiger partial charge is 1.00 e. The molecule has 1 aliphatic heterocycles. The summed E-state index contributed by atoms with van der Waals surface area (Å²) >= 11 is 1.30. The van der Waals surface area contributed by atoms with E-state index in [4.69, 9.17) is 5.11 Å². The van der Waals surface area contributed by atoms with Gasteiger partial charge in [0.15, 0.2) is 0 Å². The number of carboxylic acids is 1. The van der Waals surface area contributed by atoms with Crippen LogP contribution in [0.25, 0.3) is 0 Å². The van der Waals surface area contributed by atoms with E-state index in [0.717, 1.165) is 23.7 Å². The third kappa shape index (κ3) is 2.49. The Morgan fingerprint density at radius 3 is 2.56 bits per heavy atom. The maximum Gasteiger partial charge on any atom is 1.00 e. The molecule has 2 rings (SSSR count). The first-order valence-electron chi connectivity index (χ1n) is 4.85. The molecule has 0 unspecified atom stereocenters. The third-order valence-corrected chi connectivity index (χ3v) is 3.66. The van der Waals surface area contributed by atoms with Crippen LogP contribution in [0.4, 0.5) is 0 Å². The van der Waals surface area contributed by atoms with E-state index in [1.54, 1.807) is 0 Å². The summed E-state index contributed by atoms with van der Waals surface area (Å²) in [4.78, 5) is 18.2. The standard InChI is InChI=1S/C10H14N2O2S.Li.H/c1-10(2,3)12-4-6-7(5-12)15-8(11-6)9(13)14;;/h4-5H2,1-3H3,(H,13,14);;/q;+1;-1. The van der Waals surface area contributed by atoms with Crippen LogP contribution in [-0.2, 0) is 13.1 Å². The van der Waals surface area contributed by atoms with E-state index in [2.05, 4.69) is 30.7 Å². The molecule has 0 saturated carbocycles. The smallest absolute Gasteiger partial charge is 1.00 e. The maximum atomic E-state index is 10.7. The zero-order valence-corrected chi connectivity index (χ0v) is 10.9. The van der Waals surface area contributed by atoms with Gasteiger partial charge in [-0.2, -0.15) is 0 Å². The van der Waals surface area contributed by atoms with Gasteiger partial charge in [-0.15, -0.1) is 11.3 Å². The Hall–Kier alpha value is -0.343. The second-order valence-electron chi connectivity index (χ2n) is 4.72. The maximum absolute atomic E-state index is 10.7. The van der Waals surface area contributed by atoms with Gasteiger partial charge in [0, 0.05) is 23.5 Å². The van der Waals surface area contributed by atoms with Crippen molar-refractivity contribution in [2.24, 2.45) is 0 Å². The van der Waals surface area contributed by atoms with Gasteiger partial charge in [0.2, 0.25) is 5.01 Å². The molecule has 1 aliphatic rings. The summed E-state index contributed by atoms with van der Waals surface area (Å²) in [6, 6.07) is 0. The first-order valence-corrected chi connectivity index (χ1v) is 5.66. The van der Waals surface area contributed by atoms with Crippen LogP contribution >= 0.6 is 11.3 Å². The molecule has 6 heteroatoms. The van der Waals surface area contributed by atoms with Crippen molar-refractivity contribution in [1.82, 2.24) is 9.88 Å². The van der Waals surface area contributed by atoms with E-state index in [0.29, 0.717) is 0 Å². The van der Waals surface area contributed by atoms with Gasteiger partial charge < -0.3 is 6.53 Å². The first kappa shape index (κ1) is 13.7. The molecule has 0 bridgehead atoms. The summed E-state index contributed by atoms with van der Waals surface area (Å²) in [6.45, 7) is 8.05. The normalized spacial score (nSPS) is 15.7. The van der Waals surface area contributed by atoms with E-state index in [1.807, 2.05) is 0 Å². The Kier molecular flexibility index (Phi) is 3.86. The number of aromatic carboxylic acids is 1. The van der Waals surface area contributed by atoms with Crippen molar-refractivity contribution in [3.63, 3.8) is 0 Å². The first-order chi connectivity index (χ1) is 6.88. The van der Waals surface area contributed by atoms with Crippen LogP contribution in [0.1, 0.15) is 42.6 Å². The van der Waals surface area contributed by atoms with Crippen molar-refractivity contribution in [2.75, 3.05) is 0 Å². The molecule has 84 valence electrons. The number of carbonyl (C=O) groups is 1. The summed E-state index contributed by atoms with van der Waals surface area (Å²) < 4.78 is 0. The monoisotopic (exact) mass is 234 g/mol. The van der Waals surface area contributed by atoms with Crippen molar-refractivity contribution < 1.29 is 30.2 Å². The summed E-state index contributed by atoms with van der Waals surface area (Å²) in [5.41, 5.74) is 1.05. The van der Waals surface area contributed by atoms with Gasteiger partial charge in [-0.1, -0.05) is 0 Å². The predicted molar refractivity (Wildman–Crippen MR) is 59.2 cm³/mol. The number of rotatable bonds is 1. The van der Waals surface area contributed by atoms with Crippen LogP contribution in [0.5, 0.6) is 0 Å².